The maximum atomic E-state index is 13.1. The Kier molecular flexibility index (Phi) is 2.89. The Morgan fingerprint density at radius 2 is 1.75 bits per heavy atom. The Balaban J connectivity index is 2.59. The van der Waals surface area contributed by atoms with Gasteiger partial charge in [0.05, 0.1) is 6.57 Å². The van der Waals surface area contributed by atoms with Gasteiger partial charge in [0.1, 0.15) is 5.82 Å². The lowest BCUT2D eigenvalue weighted by atomic mass is 10.0. The van der Waals surface area contributed by atoms with Crippen molar-refractivity contribution in [1.29, 1.82) is 0 Å². The second-order valence-corrected chi connectivity index (χ2v) is 3.72. The second-order valence-electron chi connectivity index (χ2n) is 3.28. The van der Waals surface area contributed by atoms with E-state index in [1.165, 1.54) is 18.2 Å². The standard InChI is InChI=1S/C13H7ClFN/c1-16-13-7-6-11(15)8-12(13)9-2-4-10(14)5-3-9/h2-8H. The molecule has 0 unspecified atom stereocenters. The third kappa shape index (κ3) is 2.05. The van der Waals surface area contributed by atoms with E-state index in [0.717, 1.165) is 5.56 Å². The number of rotatable bonds is 1. The van der Waals surface area contributed by atoms with Gasteiger partial charge in [0.2, 0.25) is 0 Å². The average molecular weight is 232 g/mol. The summed E-state index contributed by atoms with van der Waals surface area (Å²) in [4.78, 5) is 3.36. The summed E-state index contributed by atoms with van der Waals surface area (Å²) in [7, 11) is 0. The van der Waals surface area contributed by atoms with Crippen molar-refractivity contribution in [2.75, 3.05) is 0 Å². The topological polar surface area (TPSA) is 4.36 Å². The van der Waals surface area contributed by atoms with Gasteiger partial charge in [-0.15, -0.1) is 0 Å². The molecule has 0 aliphatic heterocycles. The van der Waals surface area contributed by atoms with E-state index in [2.05, 4.69) is 4.85 Å². The van der Waals surface area contributed by atoms with Crippen molar-refractivity contribution in [2.24, 2.45) is 0 Å². The molecule has 0 saturated carbocycles. The van der Waals surface area contributed by atoms with Crippen molar-refractivity contribution in [3.05, 3.63) is 64.7 Å². The maximum absolute atomic E-state index is 13.1. The molecule has 0 aliphatic carbocycles. The van der Waals surface area contributed by atoms with Crippen LogP contribution in [0.4, 0.5) is 10.1 Å². The van der Waals surface area contributed by atoms with E-state index in [4.69, 9.17) is 18.2 Å². The van der Waals surface area contributed by atoms with Gasteiger partial charge in [-0.05, 0) is 35.4 Å². The zero-order valence-corrected chi connectivity index (χ0v) is 9.00. The fourth-order valence-electron chi connectivity index (χ4n) is 1.47. The number of halogens is 2. The highest BCUT2D eigenvalue weighted by molar-refractivity contribution is 6.30. The lowest BCUT2D eigenvalue weighted by Crippen LogP contribution is -1.80. The van der Waals surface area contributed by atoms with Gasteiger partial charge in [0, 0.05) is 5.02 Å². The number of hydrogen-bond donors (Lipinski definition) is 0. The lowest BCUT2D eigenvalue weighted by Gasteiger charge is -2.04. The molecule has 16 heavy (non-hydrogen) atoms. The largest absolute Gasteiger partial charge is 0.238 e. The molecule has 0 saturated heterocycles. The first-order valence-electron chi connectivity index (χ1n) is 4.63. The molecule has 0 heterocycles. The van der Waals surface area contributed by atoms with Crippen LogP contribution in [0.15, 0.2) is 42.5 Å². The van der Waals surface area contributed by atoms with E-state index in [0.29, 0.717) is 16.3 Å². The molecule has 78 valence electrons. The van der Waals surface area contributed by atoms with Crippen molar-refractivity contribution >= 4 is 17.3 Å². The van der Waals surface area contributed by atoms with Crippen LogP contribution in [0, 0.1) is 12.4 Å². The zero-order chi connectivity index (χ0) is 11.5. The summed E-state index contributed by atoms with van der Waals surface area (Å²) in [5.74, 6) is -0.350. The Labute approximate surface area is 97.9 Å². The molecule has 0 spiro atoms. The van der Waals surface area contributed by atoms with Crippen molar-refractivity contribution in [3.8, 4) is 11.1 Å². The van der Waals surface area contributed by atoms with Gasteiger partial charge in [-0.2, -0.15) is 0 Å². The van der Waals surface area contributed by atoms with Crippen LogP contribution in [0.2, 0.25) is 5.02 Å². The molecule has 0 aliphatic rings. The number of nitrogens with zero attached hydrogens (tertiary/aromatic N) is 1. The van der Waals surface area contributed by atoms with Crippen LogP contribution in [-0.2, 0) is 0 Å². The molecule has 0 atom stereocenters. The highest BCUT2D eigenvalue weighted by atomic mass is 35.5. The molecular formula is C13H7ClFN. The summed E-state index contributed by atoms with van der Waals surface area (Å²) in [6.45, 7) is 7.02. The van der Waals surface area contributed by atoms with E-state index in [9.17, 15) is 4.39 Å². The molecule has 0 bridgehead atoms. The Bertz CT molecular complexity index is 555. The van der Waals surface area contributed by atoms with E-state index < -0.39 is 0 Å². The monoisotopic (exact) mass is 231 g/mol. The smallest absolute Gasteiger partial charge is 0.195 e. The lowest BCUT2D eigenvalue weighted by molar-refractivity contribution is 0.628. The summed E-state index contributed by atoms with van der Waals surface area (Å²) < 4.78 is 13.1. The molecule has 2 rings (SSSR count). The highest BCUT2D eigenvalue weighted by Crippen LogP contribution is 2.31. The molecule has 1 nitrogen and oxygen atoms in total. The van der Waals surface area contributed by atoms with Crippen LogP contribution in [0.25, 0.3) is 16.0 Å². The molecule has 3 heteroatoms. The summed E-state index contributed by atoms with van der Waals surface area (Å²) in [6, 6.07) is 11.1. The number of benzene rings is 2. The highest BCUT2D eigenvalue weighted by Gasteiger charge is 2.06. The Hall–Kier alpha value is -1.85. The van der Waals surface area contributed by atoms with Crippen LogP contribution in [0.5, 0.6) is 0 Å². The molecule has 0 fully saturated rings. The van der Waals surface area contributed by atoms with Gasteiger partial charge in [-0.25, -0.2) is 9.24 Å². The first kappa shape index (κ1) is 10.7. The summed E-state index contributed by atoms with van der Waals surface area (Å²) >= 11 is 5.77. The molecule has 0 radical (unpaired) electrons. The predicted molar refractivity (Wildman–Crippen MR) is 63.1 cm³/mol. The van der Waals surface area contributed by atoms with Crippen molar-refractivity contribution in [2.45, 2.75) is 0 Å². The maximum Gasteiger partial charge on any atom is 0.195 e. The van der Waals surface area contributed by atoms with Gasteiger partial charge in [-0.1, -0.05) is 29.8 Å². The molecule has 0 aromatic heterocycles. The molecule has 2 aromatic rings. The fourth-order valence-corrected chi connectivity index (χ4v) is 1.59. The van der Waals surface area contributed by atoms with Gasteiger partial charge < -0.3 is 0 Å². The van der Waals surface area contributed by atoms with E-state index in [-0.39, 0.29) is 5.82 Å². The van der Waals surface area contributed by atoms with Gasteiger partial charge in [0.25, 0.3) is 0 Å². The van der Waals surface area contributed by atoms with Crippen molar-refractivity contribution in [1.82, 2.24) is 0 Å². The minimum Gasteiger partial charge on any atom is -0.238 e. The summed E-state index contributed by atoms with van der Waals surface area (Å²) in [6.07, 6.45) is 0. The molecule has 0 amide bonds. The van der Waals surface area contributed by atoms with Crippen molar-refractivity contribution < 1.29 is 4.39 Å². The number of hydrogen-bond acceptors (Lipinski definition) is 0. The normalized spacial score (nSPS) is 9.81. The van der Waals surface area contributed by atoms with Crippen LogP contribution in [0.1, 0.15) is 0 Å². The van der Waals surface area contributed by atoms with Gasteiger partial charge in [0.15, 0.2) is 5.69 Å². The average Bonchev–Trinajstić information content (AvgIpc) is 2.30. The Morgan fingerprint density at radius 1 is 1.06 bits per heavy atom. The Morgan fingerprint density at radius 3 is 2.38 bits per heavy atom. The van der Waals surface area contributed by atoms with Crippen LogP contribution >= 0.6 is 11.6 Å². The molecule has 2 aromatic carbocycles. The first-order valence-corrected chi connectivity index (χ1v) is 5.01. The third-order valence-corrected chi connectivity index (χ3v) is 2.49. The van der Waals surface area contributed by atoms with Crippen LogP contribution < -0.4 is 0 Å². The second kappa shape index (κ2) is 4.34. The first-order chi connectivity index (χ1) is 7.70. The van der Waals surface area contributed by atoms with Gasteiger partial charge >= 0.3 is 0 Å². The van der Waals surface area contributed by atoms with Gasteiger partial charge in [-0.3, -0.25) is 0 Å². The summed E-state index contributed by atoms with van der Waals surface area (Å²) in [5, 5.41) is 0.615. The van der Waals surface area contributed by atoms with Crippen LogP contribution in [-0.4, -0.2) is 0 Å². The fraction of sp³-hybridized carbons (Fsp3) is 0. The summed E-state index contributed by atoms with van der Waals surface area (Å²) in [5.41, 5.74) is 1.81. The van der Waals surface area contributed by atoms with E-state index >= 15 is 0 Å². The predicted octanol–water partition coefficient (Wildman–Crippen LogP) is 4.70. The van der Waals surface area contributed by atoms with Crippen molar-refractivity contribution in [3.63, 3.8) is 0 Å². The zero-order valence-electron chi connectivity index (χ0n) is 8.24. The van der Waals surface area contributed by atoms with E-state index in [1.54, 1.807) is 24.3 Å². The van der Waals surface area contributed by atoms with E-state index in [1.807, 2.05) is 0 Å². The SMILES string of the molecule is [C-]#[N+]c1ccc(F)cc1-c1ccc(Cl)cc1. The minimum absolute atomic E-state index is 0.350. The van der Waals surface area contributed by atoms with Crippen LogP contribution in [0.3, 0.4) is 0 Å². The molecular weight excluding hydrogens is 225 g/mol. The minimum atomic E-state index is -0.350. The quantitative estimate of drug-likeness (QED) is 0.627. The molecule has 0 N–H and O–H groups in total. The third-order valence-electron chi connectivity index (χ3n) is 2.23.